The van der Waals surface area contributed by atoms with E-state index < -0.39 is 0 Å². The average Bonchev–Trinajstić information content (AvgIpc) is 3.11. The molecule has 0 bridgehead atoms. The fourth-order valence-electron chi connectivity index (χ4n) is 1.51. The van der Waals surface area contributed by atoms with Crippen LogP contribution >= 0.6 is 0 Å². The molecule has 4 N–H and O–H groups in total. The molecule has 0 amide bonds. The lowest BCUT2D eigenvalue weighted by molar-refractivity contribution is 0.122. The molecule has 1 atom stereocenters. The van der Waals surface area contributed by atoms with Crippen molar-refractivity contribution in [3.63, 3.8) is 0 Å². The minimum absolute atomic E-state index is 0.0339. The third-order valence-corrected chi connectivity index (χ3v) is 2.79. The number of amidine groups is 1. The van der Waals surface area contributed by atoms with Crippen LogP contribution in [0.15, 0.2) is 5.16 Å². The van der Waals surface area contributed by atoms with E-state index in [0.29, 0.717) is 0 Å². The molecule has 5 heteroatoms. The average molecular weight is 229 g/mol. The summed E-state index contributed by atoms with van der Waals surface area (Å²) in [7, 11) is 0. The van der Waals surface area contributed by atoms with Crippen molar-refractivity contribution in [2.75, 3.05) is 19.8 Å². The van der Waals surface area contributed by atoms with E-state index >= 15 is 0 Å². The Balaban J connectivity index is 1.95. The van der Waals surface area contributed by atoms with Crippen molar-refractivity contribution in [1.29, 1.82) is 0 Å². The summed E-state index contributed by atoms with van der Waals surface area (Å²) < 4.78 is 5.51. The van der Waals surface area contributed by atoms with Crippen LogP contribution in [-0.2, 0) is 4.74 Å². The molecule has 1 aliphatic carbocycles. The van der Waals surface area contributed by atoms with Gasteiger partial charge in [-0.2, -0.15) is 0 Å². The second-order valence-electron chi connectivity index (χ2n) is 4.31. The monoisotopic (exact) mass is 229 g/mol. The first-order valence-corrected chi connectivity index (χ1v) is 6.06. The Morgan fingerprint density at radius 3 is 2.94 bits per heavy atom. The maximum absolute atomic E-state index is 8.54. The Morgan fingerprint density at radius 2 is 2.38 bits per heavy atom. The Morgan fingerprint density at radius 1 is 1.62 bits per heavy atom. The van der Waals surface area contributed by atoms with Gasteiger partial charge >= 0.3 is 0 Å². The molecule has 0 spiro atoms. The predicted molar refractivity (Wildman–Crippen MR) is 63.7 cm³/mol. The van der Waals surface area contributed by atoms with Crippen LogP contribution in [0.3, 0.4) is 0 Å². The lowest BCUT2D eigenvalue weighted by Crippen LogP contribution is -2.41. The van der Waals surface area contributed by atoms with Crippen molar-refractivity contribution < 1.29 is 9.94 Å². The highest BCUT2D eigenvalue weighted by Gasteiger charge is 2.20. The van der Waals surface area contributed by atoms with Gasteiger partial charge in [0.15, 0.2) is 5.84 Å². The second kappa shape index (κ2) is 7.46. The zero-order valence-corrected chi connectivity index (χ0v) is 9.98. The maximum Gasteiger partial charge on any atom is 0.156 e. The van der Waals surface area contributed by atoms with Crippen molar-refractivity contribution in [2.24, 2.45) is 16.8 Å². The highest BCUT2D eigenvalue weighted by Crippen LogP contribution is 2.28. The highest BCUT2D eigenvalue weighted by atomic mass is 16.5. The van der Waals surface area contributed by atoms with E-state index in [1.165, 1.54) is 12.8 Å². The molecule has 0 radical (unpaired) electrons. The topological polar surface area (TPSA) is 79.9 Å². The maximum atomic E-state index is 8.54. The molecular formula is C11H23N3O2. The van der Waals surface area contributed by atoms with Crippen LogP contribution in [0.5, 0.6) is 0 Å². The highest BCUT2D eigenvalue weighted by molar-refractivity contribution is 5.85. The van der Waals surface area contributed by atoms with E-state index in [4.69, 9.17) is 15.7 Å². The van der Waals surface area contributed by atoms with Crippen LogP contribution in [0.4, 0.5) is 0 Å². The van der Waals surface area contributed by atoms with Gasteiger partial charge < -0.3 is 21.0 Å². The van der Waals surface area contributed by atoms with Crippen LogP contribution in [0.25, 0.3) is 0 Å². The zero-order chi connectivity index (χ0) is 11.8. The summed E-state index contributed by atoms with van der Waals surface area (Å²) in [5, 5.41) is 14.8. The van der Waals surface area contributed by atoms with E-state index in [1.54, 1.807) is 0 Å². The van der Waals surface area contributed by atoms with Gasteiger partial charge in [-0.1, -0.05) is 12.1 Å². The van der Waals surface area contributed by atoms with Gasteiger partial charge in [-0.05, 0) is 38.1 Å². The van der Waals surface area contributed by atoms with Gasteiger partial charge in [0, 0.05) is 13.2 Å². The molecule has 1 unspecified atom stereocenters. The molecule has 1 aliphatic rings. The smallest absolute Gasteiger partial charge is 0.156 e. The number of ether oxygens (including phenoxy) is 1. The summed E-state index contributed by atoms with van der Waals surface area (Å²) >= 11 is 0. The molecule has 5 nitrogen and oxygen atoms in total. The number of nitrogens with two attached hydrogens (primary N) is 1. The van der Waals surface area contributed by atoms with E-state index in [2.05, 4.69) is 10.5 Å². The molecular weight excluding hydrogens is 206 g/mol. The van der Waals surface area contributed by atoms with Gasteiger partial charge in [-0.15, -0.1) is 0 Å². The van der Waals surface area contributed by atoms with Crippen LogP contribution in [0.1, 0.15) is 32.6 Å². The second-order valence-corrected chi connectivity index (χ2v) is 4.31. The molecule has 94 valence electrons. The number of nitrogens with zero attached hydrogens (tertiary/aromatic N) is 1. The van der Waals surface area contributed by atoms with Crippen molar-refractivity contribution in [3.8, 4) is 0 Å². The number of nitrogens with one attached hydrogen (secondary N) is 1. The van der Waals surface area contributed by atoms with Gasteiger partial charge in [0.2, 0.25) is 0 Å². The molecule has 0 heterocycles. The first-order chi connectivity index (χ1) is 7.77. The molecule has 16 heavy (non-hydrogen) atoms. The molecule has 0 aromatic heterocycles. The minimum atomic E-state index is -0.0339. The van der Waals surface area contributed by atoms with Crippen LogP contribution in [-0.4, -0.2) is 36.8 Å². The molecule has 1 fully saturated rings. The SMILES string of the molecule is CCC(NCCCOCC1CC1)C(N)=NO. The first-order valence-electron chi connectivity index (χ1n) is 6.06. The summed E-state index contributed by atoms with van der Waals surface area (Å²) in [6, 6.07) is -0.0339. The Hall–Kier alpha value is -0.810. The van der Waals surface area contributed by atoms with Gasteiger partial charge in [0.25, 0.3) is 0 Å². The van der Waals surface area contributed by atoms with Gasteiger partial charge in [0.1, 0.15) is 0 Å². The summed E-state index contributed by atoms with van der Waals surface area (Å²) in [5.74, 6) is 1.08. The lowest BCUT2D eigenvalue weighted by Gasteiger charge is -2.14. The van der Waals surface area contributed by atoms with Gasteiger partial charge in [0.05, 0.1) is 6.04 Å². The van der Waals surface area contributed by atoms with Gasteiger partial charge in [-0.25, -0.2) is 0 Å². The number of rotatable bonds is 9. The largest absolute Gasteiger partial charge is 0.409 e. The van der Waals surface area contributed by atoms with Crippen molar-refractivity contribution >= 4 is 5.84 Å². The molecule has 0 aromatic rings. The number of hydrogen-bond donors (Lipinski definition) is 3. The Bertz CT molecular complexity index is 217. The van der Waals surface area contributed by atoms with Crippen LogP contribution < -0.4 is 11.1 Å². The fraction of sp³-hybridized carbons (Fsp3) is 0.909. The fourth-order valence-corrected chi connectivity index (χ4v) is 1.51. The standard InChI is InChI=1S/C11H23N3O2/c1-2-10(11(12)14-15)13-6-3-7-16-8-9-4-5-9/h9-10,13,15H,2-8H2,1H3,(H2,12,14). The number of hydrogen-bond acceptors (Lipinski definition) is 4. The Kier molecular flexibility index (Phi) is 6.18. The van der Waals surface area contributed by atoms with Crippen LogP contribution in [0, 0.1) is 5.92 Å². The summed E-state index contributed by atoms with van der Waals surface area (Å²) in [6.45, 7) is 4.53. The third kappa shape index (κ3) is 5.32. The summed E-state index contributed by atoms with van der Waals surface area (Å²) in [6.07, 6.45) is 4.44. The summed E-state index contributed by atoms with van der Waals surface area (Å²) in [5.41, 5.74) is 5.52. The quantitative estimate of drug-likeness (QED) is 0.180. The van der Waals surface area contributed by atoms with E-state index in [9.17, 15) is 0 Å². The summed E-state index contributed by atoms with van der Waals surface area (Å²) in [4.78, 5) is 0. The zero-order valence-electron chi connectivity index (χ0n) is 9.98. The van der Waals surface area contributed by atoms with Crippen molar-refractivity contribution in [2.45, 2.75) is 38.6 Å². The third-order valence-electron chi connectivity index (χ3n) is 2.79. The molecule has 1 rings (SSSR count). The van der Waals surface area contributed by atoms with Crippen molar-refractivity contribution in [3.05, 3.63) is 0 Å². The van der Waals surface area contributed by atoms with Gasteiger partial charge in [-0.3, -0.25) is 0 Å². The normalized spacial score (nSPS) is 18.7. The minimum Gasteiger partial charge on any atom is -0.409 e. The van der Waals surface area contributed by atoms with E-state index in [-0.39, 0.29) is 11.9 Å². The predicted octanol–water partition coefficient (Wildman–Crippen LogP) is 0.918. The first kappa shape index (κ1) is 13.3. The van der Waals surface area contributed by atoms with E-state index in [0.717, 1.165) is 38.5 Å². The van der Waals surface area contributed by atoms with Crippen LogP contribution in [0.2, 0.25) is 0 Å². The molecule has 0 aromatic carbocycles. The van der Waals surface area contributed by atoms with E-state index in [1.807, 2.05) is 6.92 Å². The Labute approximate surface area is 97.0 Å². The molecule has 0 aliphatic heterocycles. The lowest BCUT2D eigenvalue weighted by atomic mass is 10.2. The molecule has 1 saturated carbocycles. The number of oxime groups is 1. The molecule has 0 saturated heterocycles. The van der Waals surface area contributed by atoms with Crippen molar-refractivity contribution in [1.82, 2.24) is 5.32 Å².